The standard InChI is InChI=1S/C18H21FN2O2.ClH/c1-23-17-8-4-14(12-16(17)19)5-9-18(22)21-11-10-13-2-6-15(20)7-3-13;/h2-4,6-8,12H,5,9-11,20H2,1H3,(H,21,22);1H. The number of benzene rings is 2. The normalized spacial score (nSPS) is 9.92. The molecule has 0 aliphatic heterocycles. The molecule has 0 atom stereocenters. The van der Waals surface area contributed by atoms with Gasteiger partial charge in [0, 0.05) is 18.7 Å². The summed E-state index contributed by atoms with van der Waals surface area (Å²) in [7, 11) is 1.42. The van der Waals surface area contributed by atoms with E-state index in [0.29, 0.717) is 19.4 Å². The number of halogens is 2. The maximum Gasteiger partial charge on any atom is 0.220 e. The van der Waals surface area contributed by atoms with Crippen LogP contribution in [-0.4, -0.2) is 19.6 Å². The summed E-state index contributed by atoms with van der Waals surface area (Å²) in [6.45, 7) is 0.569. The highest BCUT2D eigenvalue weighted by molar-refractivity contribution is 5.85. The monoisotopic (exact) mass is 352 g/mol. The summed E-state index contributed by atoms with van der Waals surface area (Å²) < 4.78 is 18.4. The molecule has 1 amide bonds. The lowest BCUT2D eigenvalue weighted by Gasteiger charge is -2.07. The van der Waals surface area contributed by atoms with Crippen LogP contribution in [0.1, 0.15) is 17.5 Å². The third-order valence-corrected chi connectivity index (χ3v) is 3.57. The SMILES string of the molecule is COc1ccc(CCC(=O)NCCc2ccc(N)cc2)cc1F.Cl. The van der Waals surface area contributed by atoms with Gasteiger partial charge in [-0.15, -0.1) is 12.4 Å². The summed E-state index contributed by atoms with van der Waals surface area (Å²) in [5.41, 5.74) is 8.25. The summed E-state index contributed by atoms with van der Waals surface area (Å²) in [5.74, 6) is -0.243. The van der Waals surface area contributed by atoms with Gasteiger partial charge in [0.25, 0.3) is 0 Å². The van der Waals surface area contributed by atoms with Gasteiger partial charge in [0.2, 0.25) is 5.91 Å². The lowest BCUT2D eigenvalue weighted by molar-refractivity contribution is -0.121. The first-order chi connectivity index (χ1) is 11.1. The molecule has 6 heteroatoms. The molecule has 0 radical (unpaired) electrons. The van der Waals surface area contributed by atoms with Crippen molar-refractivity contribution in [2.45, 2.75) is 19.3 Å². The first kappa shape index (κ1) is 19.8. The topological polar surface area (TPSA) is 64.3 Å². The number of anilines is 1. The molecule has 0 fully saturated rings. The van der Waals surface area contributed by atoms with Crippen molar-refractivity contribution < 1.29 is 13.9 Å². The van der Waals surface area contributed by atoms with E-state index >= 15 is 0 Å². The van der Waals surface area contributed by atoms with Gasteiger partial charge in [-0.2, -0.15) is 0 Å². The molecule has 24 heavy (non-hydrogen) atoms. The number of ether oxygens (including phenoxy) is 1. The zero-order valence-electron chi connectivity index (χ0n) is 13.5. The Labute approximate surface area is 147 Å². The molecule has 2 aromatic rings. The molecule has 0 aliphatic carbocycles. The van der Waals surface area contributed by atoms with Crippen LogP contribution >= 0.6 is 12.4 Å². The van der Waals surface area contributed by atoms with Gasteiger partial charge < -0.3 is 15.8 Å². The van der Waals surface area contributed by atoms with Crippen LogP contribution in [0.5, 0.6) is 5.75 Å². The van der Waals surface area contributed by atoms with Crippen molar-refractivity contribution in [3.05, 3.63) is 59.4 Å². The van der Waals surface area contributed by atoms with Gasteiger partial charge in [-0.05, 0) is 48.2 Å². The fourth-order valence-corrected chi connectivity index (χ4v) is 2.24. The number of hydrogen-bond donors (Lipinski definition) is 2. The van der Waals surface area contributed by atoms with E-state index in [1.165, 1.54) is 13.2 Å². The maximum absolute atomic E-state index is 13.6. The number of nitrogen functional groups attached to an aromatic ring is 1. The van der Waals surface area contributed by atoms with Crippen molar-refractivity contribution >= 4 is 24.0 Å². The molecule has 0 saturated carbocycles. The Morgan fingerprint density at radius 3 is 2.42 bits per heavy atom. The van der Waals surface area contributed by atoms with Crippen LogP contribution in [-0.2, 0) is 17.6 Å². The molecule has 4 nitrogen and oxygen atoms in total. The second-order valence-corrected chi connectivity index (χ2v) is 5.31. The van der Waals surface area contributed by atoms with E-state index in [0.717, 1.165) is 23.2 Å². The molecule has 3 N–H and O–H groups in total. The number of methoxy groups -OCH3 is 1. The zero-order valence-corrected chi connectivity index (χ0v) is 14.4. The first-order valence-electron chi connectivity index (χ1n) is 7.52. The number of amides is 1. The van der Waals surface area contributed by atoms with Crippen molar-refractivity contribution in [1.29, 1.82) is 0 Å². The fourth-order valence-electron chi connectivity index (χ4n) is 2.24. The third-order valence-electron chi connectivity index (χ3n) is 3.57. The van der Waals surface area contributed by atoms with E-state index in [2.05, 4.69) is 5.32 Å². The van der Waals surface area contributed by atoms with E-state index in [-0.39, 0.29) is 24.1 Å². The minimum absolute atomic E-state index is 0. The zero-order chi connectivity index (χ0) is 16.7. The highest BCUT2D eigenvalue weighted by Gasteiger charge is 2.06. The number of hydrogen-bond acceptors (Lipinski definition) is 3. The number of nitrogens with one attached hydrogen (secondary N) is 1. The van der Waals surface area contributed by atoms with Gasteiger partial charge in [0.05, 0.1) is 7.11 Å². The van der Waals surface area contributed by atoms with Crippen molar-refractivity contribution in [2.75, 3.05) is 19.4 Å². The van der Waals surface area contributed by atoms with Crippen LogP contribution in [0.3, 0.4) is 0 Å². The lowest BCUT2D eigenvalue weighted by Crippen LogP contribution is -2.25. The molecule has 130 valence electrons. The molecule has 2 aromatic carbocycles. The van der Waals surface area contributed by atoms with Gasteiger partial charge in [0.15, 0.2) is 11.6 Å². The first-order valence-corrected chi connectivity index (χ1v) is 7.52. The van der Waals surface area contributed by atoms with Crippen LogP contribution < -0.4 is 15.8 Å². The largest absolute Gasteiger partial charge is 0.494 e. The van der Waals surface area contributed by atoms with Crippen molar-refractivity contribution in [1.82, 2.24) is 5.32 Å². The minimum Gasteiger partial charge on any atom is -0.494 e. The summed E-state index contributed by atoms with van der Waals surface area (Å²) >= 11 is 0. The summed E-state index contributed by atoms with van der Waals surface area (Å²) in [6, 6.07) is 12.3. The Morgan fingerprint density at radius 2 is 1.79 bits per heavy atom. The predicted octanol–water partition coefficient (Wildman–Crippen LogP) is 3.13. The second kappa shape index (κ2) is 9.78. The molecule has 0 spiro atoms. The van der Waals surface area contributed by atoms with Gasteiger partial charge in [-0.1, -0.05) is 18.2 Å². The van der Waals surface area contributed by atoms with E-state index in [9.17, 15) is 9.18 Å². The molecule has 0 aromatic heterocycles. The summed E-state index contributed by atoms with van der Waals surface area (Å²) in [6.07, 6.45) is 1.57. The van der Waals surface area contributed by atoms with E-state index in [4.69, 9.17) is 10.5 Å². The number of nitrogens with two attached hydrogens (primary N) is 1. The number of rotatable bonds is 7. The highest BCUT2D eigenvalue weighted by atomic mass is 35.5. The van der Waals surface area contributed by atoms with E-state index < -0.39 is 5.82 Å². The molecule has 0 saturated heterocycles. The summed E-state index contributed by atoms with van der Waals surface area (Å²) in [5, 5.41) is 2.86. The highest BCUT2D eigenvalue weighted by Crippen LogP contribution is 2.18. The number of aryl methyl sites for hydroxylation is 1. The Balaban J connectivity index is 0.00000288. The number of carbonyl (C=O) groups excluding carboxylic acids is 1. The van der Waals surface area contributed by atoms with Crippen LogP contribution in [0.15, 0.2) is 42.5 Å². The van der Waals surface area contributed by atoms with Crippen molar-refractivity contribution in [3.63, 3.8) is 0 Å². The molecule has 2 rings (SSSR count). The van der Waals surface area contributed by atoms with Gasteiger partial charge in [-0.3, -0.25) is 4.79 Å². The molecular weight excluding hydrogens is 331 g/mol. The van der Waals surface area contributed by atoms with E-state index in [1.54, 1.807) is 12.1 Å². The van der Waals surface area contributed by atoms with Crippen LogP contribution in [0.2, 0.25) is 0 Å². The smallest absolute Gasteiger partial charge is 0.220 e. The van der Waals surface area contributed by atoms with E-state index in [1.807, 2.05) is 24.3 Å². The number of carbonyl (C=O) groups is 1. The minimum atomic E-state index is -0.409. The molecular formula is C18H22ClFN2O2. The average Bonchev–Trinajstić information content (AvgIpc) is 2.55. The second-order valence-electron chi connectivity index (χ2n) is 5.31. The Bertz CT molecular complexity index is 663. The average molecular weight is 353 g/mol. The molecule has 0 aliphatic rings. The lowest BCUT2D eigenvalue weighted by atomic mass is 10.1. The molecule has 0 unspecified atom stereocenters. The Hall–Kier alpha value is -2.27. The quantitative estimate of drug-likeness (QED) is 0.752. The van der Waals surface area contributed by atoms with Crippen molar-refractivity contribution in [2.24, 2.45) is 0 Å². The maximum atomic E-state index is 13.6. The Morgan fingerprint density at radius 1 is 1.12 bits per heavy atom. The van der Waals surface area contributed by atoms with Crippen LogP contribution in [0.25, 0.3) is 0 Å². The predicted molar refractivity (Wildman–Crippen MR) is 96.1 cm³/mol. The molecule has 0 bridgehead atoms. The molecule has 0 heterocycles. The third kappa shape index (κ3) is 6.08. The fraction of sp³-hybridized carbons (Fsp3) is 0.278. The Kier molecular flexibility index (Phi) is 8.06. The van der Waals surface area contributed by atoms with Gasteiger partial charge in [0.1, 0.15) is 0 Å². The summed E-state index contributed by atoms with van der Waals surface area (Å²) in [4.78, 5) is 11.8. The van der Waals surface area contributed by atoms with Gasteiger partial charge in [-0.25, -0.2) is 4.39 Å². The van der Waals surface area contributed by atoms with Gasteiger partial charge >= 0.3 is 0 Å². The van der Waals surface area contributed by atoms with Crippen LogP contribution in [0, 0.1) is 5.82 Å². The van der Waals surface area contributed by atoms with Crippen molar-refractivity contribution in [3.8, 4) is 5.75 Å². The van der Waals surface area contributed by atoms with Crippen LogP contribution in [0.4, 0.5) is 10.1 Å².